The van der Waals surface area contributed by atoms with Gasteiger partial charge in [-0.1, -0.05) is 66.7 Å². The highest BCUT2D eigenvalue weighted by molar-refractivity contribution is 7.88. The third-order valence-electron chi connectivity index (χ3n) is 5.30. The standard InChI is InChI=1S/C25H26NO4P/c1-31(21-13-7-3-8-14-21,22-15-9-4-10-16-22)18-17-30-25(29)26-23(24(27)28)19-20-11-5-2-6-12-20/h2-16,23H,17-19H2,1H3,(H-,26,27,28,29)/p+1. The van der Waals surface area contributed by atoms with Crippen LogP contribution in [0, 0.1) is 0 Å². The van der Waals surface area contributed by atoms with Crippen LogP contribution in [0.25, 0.3) is 0 Å². The molecule has 2 N–H and O–H groups in total. The van der Waals surface area contributed by atoms with E-state index in [9.17, 15) is 14.7 Å². The van der Waals surface area contributed by atoms with Crippen LogP contribution in [-0.4, -0.2) is 42.6 Å². The number of alkyl carbamates (subject to hydrolysis) is 1. The van der Waals surface area contributed by atoms with Gasteiger partial charge in [-0.15, -0.1) is 0 Å². The number of ether oxygens (including phenoxy) is 1. The number of aliphatic carboxylic acids is 1. The Balaban J connectivity index is 1.63. The van der Waals surface area contributed by atoms with Crippen LogP contribution in [0.4, 0.5) is 4.79 Å². The Kier molecular flexibility index (Phi) is 7.80. The first-order chi connectivity index (χ1) is 15.0. The molecular weight excluding hydrogens is 409 g/mol. The highest BCUT2D eigenvalue weighted by Crippen LogP contribution is 2.52. The molecule has 1 atom stereocenters. The number of nitrogens with one attached hydrogen (secondary N) is 1. The average molecular weight is 436 g/mol. The highest BCUT2D eigenvalue weighted by Gasteiger charge is 2.37. The van der Waals surface area contributed by atoms with Crippen LogP contribution in [0.1, 0.15) is 5.56 Å². The first kappa shape index (κ1) is 22.5. The second kappa shape index (κ2) is 10.7. The van der Waals surface area contributed by atoms with Gasteiger partial charge < -0.3 is 15.2 Å². The Hall–Kier alpha value is -3.17. The number of carbonyl (C=O) groups excluding carboxylic acids is 1. The van der Waals surface area contributed by atoms with Crippen molar-refractivity contribution in [1.29, 1.82) is 0 Å². The van der Waals surface area contributed by atoms with Crippen molar-refractivity contribution in [2.24, 2.45) is 0 Å². The van der Waals surface area contributed by atoms with Gasteiger partial charge in [-0.25, -0.2) is 9.59 Å². The minimum atomic E-state index is -1.76. The summed E-state index contributed by atoms with van der Waals surface area (Å²) in [6.07, 6.45) is 0.158. The molecule has 0 aliphatic carbocycles. The first-order valence-corrected chi connectivity index (χ1v) is 12.6. The van der Waals surface area contributed by atoms with E-state index in [-0.39, 0.29) is 13.0 Å². The van der Waals surface area contributed by atoms with E-state index < -0.39 is 25.4 Å². The molecule has 0 saturated heterocycles. The fourth-order valence-electron chi connectivity index (χ4n) is 3.48. The van der Waals surface area contributed by atoms with Crippen molar-refractivity contribution in [1.82, 2.24) is 5.32 Å². The number of rotatable bonds is 9. The van der Waals surface area contributed by atoms with Gasteiger partial charge in [0.05, 0.1) is 24.5 Å². The Morgan fingerprint density at radius 3 is 1.84 bits per heavy atom. The lowest BCUT2D eigenvalue weighted by Gasteiger charge is -2.23. The molecule has 1 amide bonds. The van der Waals surface area contributed by atoms with Crippen molar-refractivity contribution in [3.63, 3.8) is 0 Å². The van der Waals surface area contributed by atoms with E-state index in [1.807, 2.05) is 66.7 Å². The number of benzene rings is 3. The van der Waals surface area contributed by atoms with Gasteiger partial charge in [0.25, 0.3) is 0 Å². The van der Waals surface area contributed by atoms with Gasteiger partial charge in [0.15, 0.2) is 0 Å². The van der Waals surface area contributed by atoms with E-state index in [0.29, 0.717) is 6.16 Å². The molecule has 0 fully saturated rings. The van der Waals surface area contributed by atoms with Gasteiger partial charge in [-0.3, -0.25) is 0 Å². The van der Waals surface area contributed by atoms with Crippen LogP contribution in [-0.2, 0) is 16.0 Å². The zero-order valence-electron chi connectivity index (χ0n) is 17.5. The number of carboxylic acids is 1. The van der Waals surface area contributed by atoms with Crippen molar-refractivity contribution in [3.05, 3.63) is 96.6 Å². The van der Waals surface area contributed by atoms with Crippen LogP contribution in [0.5, 0.6) is 0 Å². The maximum atomic E-state index is 12.3. The minimum Gasteiger partial charge on any atom is -0.480 e. The summed E-state index contributed by atoms with van der Waals surface area (Å²) in [4.78, 5) is 23.9. The third-order valence-corrected chi connectivity index (χ3v) is 9.25. The quantitative estimate of drug-likeness (QED) is 0.502. The molecule has 0 spiro atoms. The zero-order chi connectivity index (χ0) is 22.1. The topological polar surface area (TPSA) is 75.6 Å². The van der Waals surface area contributed by atoms with E-state index >= 15 is 0 Å². The average Bonchev–Trinajstić information content (AvgIpc) is 2.80. The Morgan fingerprint density at radius 1 is 0.871 bits per heavy atom. The minimum absolute atomic E-state index is 0.198. The molecule has 1 unspecified atom stereocenters. The largest absolute Gasteiger partial charge is 0.480 e. The molecule has 0 aliphatic rings. The molecule has 0 radical (unpaired) electrons. The van der Waals surface area contributed by atoms with Crippen LogP contribution in [0.3, 0.4) is 0 Å². The van der Waals surface area contributed by atoms with Crippen LogP contribution in [0.2, 0.25) is 0 Å². The molecule has 31 heavy (non-hydrogen) atoms. The lowest BCUT2D eigenvalue weighted by atomic mass is 10.1. The van der Waals surface area contributed by atoms with E-state index in [4.69, 9.17) is 4.74 Å². The summed E-state index contributed by atoms with van der Waals surface area (Å²) in [7, 11) is -1.76. The van der Waals surface area contributed by atoms with Crippen LogP contribution in [0.15, 0.2) is 91.0 Å². The first-order valence-electron chi connectivity index (χ1n) is 10.2. The molecule has 3 rings (SSSR count). The fraction of sp³-hybridized carbons (Fsp3) is 0.200. The monoisotopic (exact) mass is 436 g/mol. The molecule has 3 aromatic carbocycles. The lowest BCUT2D eigenvalue weighted by molar-refractivity contribution is -0.139. The van der Waals surface area contributed by atoms with Crippen molar-refractivity contribution in [3.8, 4) is 0 Å². The smallest absolute Gasteiger partial charge is 0.407 e. The van der Waals surface area contributed by atoms with Gasteiger partial charge in [0.1, 0.15) is 18.8 Å². The molecule has 5 nitrogen and oxygen atoms in total. The Bertz CT molecular complexity index is 941. The van der Waals surface area contributed by atoms with E-state index in [1.54, 1.807) is 0 Å². The third kappa shape index (κ3) is 6.16. The SMILES string of the molecule is C[P+](CCOC(=O)NC(Cc1ccccc1)C(=O)O)(c1ccccc1)c1ccccc1. The van der Waals surface area contributed by atoms with Crippen molar-refractivity contribution >= 4 is 29.9 Å². The lowest BCUT2D eigenvalue weighted by Crippen LogP contribution is -2.43. The van der Waals surface area contributed by atoms with Crippen molar-refractivity contribution < 1.29 is 19.4 Å². The number of carbonyl (C=O) groups is 2. The van der Waals surface area contributed by atoms with E-state index in [1.165, 1.54) is 10.6 Å². The molecule has 6 heteroatoms. The normalized spacial score (nSPS) is 12.0. The summed E-state index contributed by atoms with van der Waals surface area (Å²) in [5.74, 6) is -1.09. The summed E-state index contributed by atoms with van der Waals surface area (Å²) in [6.45, 7) is 2.44. The van der Waals surface area contributed by atoms with Crippen molar-refractivity contribution in [2.45, 2.75) is 12.5 Å². The summed E-state index contributed by atoms with van der Waals surface area (Å²) in [6, 6.07) is 28.7. The van der Waals surface area contributed by atoms with Crippen molar-refractivity contribution in [2.75, 3.05) is 19.4 Å². The maximum Gasteiger partial charge on any atom is 0.407 e. The fourth-order valence-corrected chi connectivity index (χ4v) is 6.41. The van der Waals surface area contributed by atoms with Gasteiger partial charge in [0, 0.05) is 6.42 Å². The van der Waals surface area contributed by atoms with Crippen LogP contribution >= 0.6 is 7.26 Å². The number of hydrogen-bond acceptors (Lipinski definition) is 3. The van der Waals surface area contributed by atoms with Crippen LogP contribution < -0.4 is 15.9 Å². The maximum absolute atomic E-state index is 12.3. The predicted octanol–water partition coefficient (Wildman–Crippen LogP) is 3.71. The van der Waals surface area contributed by atoms with Gasteiger partial charge in [-0.2, -0.15) is 0 Å². The zero-order valence-corrected chi connectivity index (χ0v) is 18.4. The molecule has 160 valence electrons. The molecule has 0 bridgehead atoms. The molecule has 0 saturated carbocycles. The number of carboxylic acid groups (broad SMARTS) is 1. The Morgan fingerprint density at radius 2 is 1.35 bits per heavy atom. The highest BCUT2D eigenvalue weighted by atomic mass is 31.2. The Labute approximate surface area is 183 Å². The van der Waals surface area contributed by atoms with Gasteiger partial charge >= 0.3 is 12.1 Å². The molecular formula is C25H27NO4P+. The number of hydrogen-bond donors (Lipinski definition) is 2. The summed E-state index contributed by atoms with van der Waals surface area (Å²) in [5, 5.41) is 14.4. The number of amides is 1. The molecule has 0 aromatic heterocycles. The summed E-state index contributed by atoms with van der Waals surface area (Å²) >= 11 is 0. The second-order valence-electron chi connectivity index (χ2n) is 7.45. The molecule has 3 aromatic rings. The second-order valence-corrected chi connectivity index (χ2v) is 11.3. The van der Waals surface area contributed by atoms with E-state index in [2.05, 4.69) is 36.2 Å². The molecule has 0 heterocycles. The van der Waals surface area contributed by atoms with Gasteiger partial charge in [-0.05, 0) is 29.8 Å². The summed E-state index contributed by atoms with van der Waals surface area (Å²) < 4.78 is 5.41. The predicted molar refractivity (Wildman–Crippen MR) is 126 cm³/mol. The summed E-state index contributed by atoms with van der Waals surface area (Å²) in [5.41, 5.74) is 0.835. The molecule has 0 aliphatic heterocycles. The van der Waals surface area contributed by atoms with E-state index in [0.717, 1.165) is 5.56 Å². The van der Waals surface area contributed by atoms with Gasteiger partial charge in [0.2, 0.25) is 0 Å².